The van der Waals surface area contributed by atoms with Crippen LogP contribution in [0.15, 0.2) is 85.2 Å². The lowest BCUT2D eigenvalue weighted by Gasteiger charge is -2.21. The molecule has 0 unspecified atom stereocenters. The Bertz CT molecular complexity index is 1240. The molecule has 0 saturated heterocycles. The minimum atomic E-state index is -1.01. The third kappa shape index (κ3) is 5.07. The quantitative estimate of drug-likeness (QED) is 0.429. The maximum atomic E-state index is 10.9. The van der Waals surface area contributed by atoms with Crippen LogP contribution in [0.5, 0.6) is 0 Å². The van der Waals surface area contributed by atoms with Crippen LogP contribution in [0.1, 0.15) is 11.1 Å². The van der Waals surface area contributed by atoms with Crippen LogP contribution in [0.4, 0.5) is 11.5 Å². The molecule has 0 amide bonds. The van der Waals surface area contributed by atoms with Crippen molar-refractivity contribution in [2.45, 2.75) is 19.4 Å². The monoisotopic (exact) mass is 438 g/mol. The molecule has 6 nitrogen and oxygen atoms in total. The van der Waals surface area contributed by atoms with Crippen LogP contribution in [0, 0.1) is 6.92 Å². The summed E-state index contributed by atoms with van der Waals surface area (Å²) in [4.78, 5) is 22.2. The molecule has 3 aromatic carbocycles. The number of anilines is 2. The van der Waals surface area contributed by atoms with Crippen molar-refractivity contribution in [1.82, 2.24) is 9.97 Å². The summed E-state index contributed by atoms with van der Waals surface area (Å²) in [5.74, 6) is -0.268. The summed E-state index contributed by atoms with van der Waals surface area (Å²) in [6, 6.07) is 23.4. The Kier molecular flexibility index (Phi) is 6.47. The molecule has 0 aliphatic heterocycles. The predicted octanol–water partition coefficient (Wildman–Crippen LogP) is 4.84. The van der Waals surface area contributed by atoms with Crippen LogP contribution in [0.25, 0.3) is 22.4 Å². The number of carboxylic acid groups (broad SMARTS) is 1. The van der Waals surface area contributed by atoms with Gasteiger partial charge in [0.25, 0.3) is 0 Å². The van der Waals surface area contributed by atoms with Crippen molar-refractivity contribution < 1.29 is 9.90 Å². The Labute approximate surface area is 193 Å². The van der Waals surface area contributed by atoms with E-state index in [2.05, 4.69) is 53.3 Å². The van der Waals surface area contributed by atoms with Crippen molar-refractivity contribution in [1.29, 1.82) is 0 Å². The Hall–Kier alpha value is -4.03. The highest BCUT2D eigenvalue weighted by molar-refractivity contribution is 5.81. The standard InChI is InChI=1S/C27H26N4O2/c1-18-7-11-20(12-8-18)22-5-3-4-6-25(22)31(2)26-17-29-24(16-30-26)21-13-9-19(10-14-21)15-23(28)27(32)33/h3-14,16-17,23H,15,28H2,1-2H3,(H,32,33)/t23-/m0/s1. The van der Waals surface area contributed by atoms with Crippen LogP contribution in [-0.2, 0) is 11.2 Å². The summed E-state index contributed by atoms with van der Waals surface area (Å²) in [6.07, 6.45) is 3.79. The number of aromatic nitrogens is 2. The van der Waals surface area contributed by atoms with E-state index in [1.165, 1.54) is 5.56 Å². The van der Waals surface area contributed by atoms with Gasteiger partial charge in [-0.25, -0.2) is 4.98 Å². The molecule has 4 aromatic rings. The number of benzene rings is 3. The van der Waals surface area contributed by atoms with E-state index in [0.717, 1.165) is 39.5 Å². The molecule has 1 heterocycles. The number of carboxylic acids is 1. The molecule has 1 atom stereocenters. The maximum absolute atomic E-state index is 10.9. The van der Waals surface area contributed by atoms with Gasteiger partial charge in [-0.2, -0.15) is 0 Å². The SMILES string of the molecule is Cc1ccc(-c2ccccc2N(C)c2cnc(-c3ccc(C[C@H](N)C(=O)O)cc3)cn2)cc1. The summed E-state index contributed by atoms with van der Waals surface area (Å²) in [5, 5.41) is 8.97. The molecule has 0 spiro atoms. The molecule has 0 aliphatic carbocycles. The summed E-state index contributed by atoms with van der Waals surface area (Å²) in [7, 11) is 1.98. The number of hydrogen-bond acceptors (Lipinski definition) is 5. The lowest BCUT2D eigenvalue weighted by atomic mass is 10.0. The first-order valence-corrected chi connectivity index (χ1v) is 10.7. The highest BCUT2D eigenvalue weighted by Crippen LogP contribution is 2.33. The Balaban J connectivity index is 1.54. The number of nitrogens with zero attached hydrogens (tertiary/aromatic N) is 3. The fourth-order valence-corrected chi connectivity index (χ4v) is 3.66. The minimum absolute atomic E-state index is 0.283. The van der Waals surface area contributed by atoms with E-state index in [4.69, 9.17) is 10.8 Å². The smallest absolute Gasteiger partial charge is 0.320 e. The zero-order valence-electron chi connectivity index (χ0n) is 18.6. The highest BCUT2D eigenvalue weighted by atomic mass is 16.4. The van der Waals surface area contributed by atoms with Crippen molar-refractivity contribution in [3.63, 3.8) is 0 Å². The molecular formula is C27H26N4O2. The molecule has 33 heavy (non-hydrogen) atoms. The van der Waals surface area contributed by atoms with Crippen LogP contribution in [-0.4, -0.2) is 34.1 Å². The van der Waals surface area contributed by atoms with Crippen molar-refractivity contribution in [3.8, 4) is 22.4 Å². The molecule has 0 fully saturated rings. The van der Waals surface area contributed by atoms with E-state index in [1.807, 2.05) is 48.3 Å². The second-order valence-corrected chi connectivity index (χ2v) is 8.05. The molecule has 4 rings (SSSR count). The molecule has 0 radical (unpaired) electrons. The number of para-hydroxylation sites is 1. The first-order chi connectivity index (χ1) is 15.9. The third-order valence-corrected chi connectivity index (χ3v) is 5.63. The summed E-state index contributed by atoms with van der Waals surface area (Å²) >= 11 is 0. The van der Waals surface area contributed by atoms with Crippen LogP contribution in [0.2, 0.25) is 0 Å². The number of aryl methyl sites for hydroxylation is 1. The number of rotatable bonds is 7. The van der Waals surface area contributed by atoms with E-state index >= 15 is 0 Å². The first kappa shape index (κ1) is 22.2. The van der Waals surface area contributed by atoms with Gasteiger partial charge in [-0.05, 0) is 30.5 Å². The first-order valence-electron chi connectivity index (χ1n) is 10.7. The molecule has 3 N–H and O–H groups in total. The van der Waals surface area contributed by atoms with Crippen molar-refractivity contribution in [2.24, 2.45) is 5.73 Å². The topological polar surface area (TPSA) is 92.3 Å². The fraction of sp³-hybridized carbons (Fsp3) is 0.148. The van der Waals surface area contributed by atoms with E-state index in [1.54, 1.807) is 12.4 Å². The number of nitrogens with two attached hydrogens (primary N) is 1. The molecule has 6 heteroatoms. The normalized spacial score (nSPS) is 11.7. The zero-order valence-corrected chi connectivity index (χ0v) is 18.6. The molecule has 0 aliphatic rings. The van der Waals surface area contributed by atoms with Crippen LogP contribution in [0.3, 0.4) is 0 Å². The third-order valence-electron chi connectivity index (χ3n) is 5.63. The van der Waals surface area contributed by atoms with Crippen molar-refractivity contribution in [3.05, 3.63) is 96.3 Å². The molecule has 166 valence electrons. The van der Waals surface area contributed by atoms with Crippen LogP contribution >= 0.6 is 0 Å². The van der Waals surface area contributed by atoms with Crippen molar-refractivity contribution in [2.75, 3.05) is 11.9 Å². The average molecular weight is 439 g/mol. The van der Waals surface area contributed by atoms with E-state index in [9.17, 15) is 4.79 Å². The Morgan fingerprint density at radius 3 is 2.24 bits per heavy atom. The second-order valence-electron chi connectivity index (χ2n) is 8.05. The number of aliphatic carboxylic acids is 1. The summed E-state index contributed by atoms with van der Waals surface area (Å²) < 4.78 is 0. The van der Waals surface area contributed by atoms with Gasteiger partial charge < -0.3 is 15.7 Å². The van der Waals surface area contributed by atoms with E-state index in [0.29, 0.717) is 0 Å². The van der Waals surface area contributed by atoms with Gasteiger partial charge in [0.1, 0.15) is 6.04 Å². The van der Waals surface area contributed by atoms with Gasteiger partial charge in [0.2, 0.25) is 0 Å². The lowest BCUT2D eigenvalue weighted by Crippen LogP contribution is -2.32. The van der Waals surface area contributed by atoms with Gasteiger partial charge >= 0.3 is 5.97 Å². The number of carbonyl (C=O) groups is 1. The van der Waals surface area contributed by atoms with Crippen LogP contribution < -0.4 is 10.6 Å². The largest absolute Gasteiger partial charge is 0.480 e. The fourth-order valence-electron chi connectivity index (χ4n) is 3.66. The Morgan fingerprint density at radius 1 is 0.939 bits per heavy atom. The van der Waals surface area contributed by atoms with Gasteiger partial charge in [0, 0.05) is 23.9 Å². The number of hydrogen-bond donors (Lipinski definition) is 2. The highest BCUT2D eigenvalue weighted by Gasteiger charge is 2.14. The van der Waals surface area contributed by atoms with Crippen molar-refractivity contribution >= 4 is 17.5 Å². The lowest BCUT2D eigenvalue weighted by molar-refractivity contribution is -0.138. The predicted molar refractivity (Wildman–Crippen MR) is 131 cm³/mol. The molecule has 0 bridgehead atoms. The Morgan fingerprint density at radius 2 is 1.61 bits per heavy atom. The van der Waals surface area contributed by atoms with Gasteiger partial charge in [-0.15, -0.1) is 0 Å². The molecule has 0 saturated carbocycles. The maximum Gasteiger partial charge on any atom is 0.320 e. The second kappa shape index (κ2) is 9.63. The van der Waals surface area contributed by atoms with Gasteiger partial charge in [0.15, 0.2) is 5.82 Å². The summed E-state index contributed by atoms with van der Waals surface area (Å²) in [6.45, 7) is 2.08. The molecule has 1 aromatic heterocycles. The van der Waals surface area contributed by atoms with Gasteiger partial charge in [0.05, 0.1) is 18.1 Å². The van der Waals surface area contributed by atoms with Gasteiger partial charge in [-0.3, -0.25) is 9.78 Å². The van der Waals surface area contributed by atoms with E-state index in [-0.39, 0.29) is 6.42 Å². The summed E-state index contributed by atoms with van der Waals surface area (Å²) in [5.41, 5.74) is 12.7. The average Bonchev–Trinajstić information content (AvgIpc) is 2.84. The zero-order chi connectivity index (χ0) is 23.4. The molecular weight excluding hydrogens is 412 g/mol. The van der Waals surface area contributed by atoms with Gasteiger partial charge in [-0.1, -0.05) is 72.3 Å². The van der Waals surface area contributed by atoms with E-state index < -0.39 is 12.0 Å². The minimum Gasteiger partial charge on any atom is -0.480 e.